The minimum atomic E-state index is -0.515. The van der Waals surface area contributed by atoms with Gasteiger partial charge in [0.25, 0.3) is 5.91 Å². The molecule has 1 amide bonds. The molecule has 17 heavy (non-hydrogen) atoms. The molecule has 0 spiro atoms. The van der Waals surface area contributed by atoms with E-state index < -0.39 is 11.9 Å². The summed E-state index contributed by atoms with van der Waals surface area (Å²) in [5, 5.41) is 2.40. The maximum absolute atomic E-state index is 11.6. The minimum Gasteiger partial charge on any atom is -0.452 e. The molecule has 0 aliphatic carbocycles. The second-order valence-electron chi connectivity index (χ2n) is 3.37. The number of terminal acetylenes is 1. The molecular weight excluding hydrogens is 218 g/mol. The SMILES string of the molecule is C#CCNC(=O)COC(=O)c1ccccc1C. The summed E-state index contributed by atoms with van der Waals surface area (Å²) >= 11 is 0. The highest BCUT2D eigenvalue weighted by atomic mass is 16.5. The standard InChI is InChI=1S/C13H13NO3/c1-3-8-14-12(15)9-17-13(16)11-7-5-4-6-10(11)2/h1,4-7H,8-9H2,2H3,(H,14,15). The Balaban J connectivity index is 2.49. The Morgan fingerprint density at radius 1 is 1.41 bits per heavy atom. The van der Waals surface area contributed by atoms with Crippen LogP contribution in [0.25, 0.3) is 0 Å². The van der Waals surface area contributed by atoms with E-state index in [4.69, 9.17) is 11.2 Å². The Bertz CT molecular complexity index is 460. The Kier molecular flexibility index (Phi) is 4.77. The van der Waals surface area contributed by atoms with Crippen molar-refractivity contribution in [3.8, 4) is 12.3 Å². The topological polar surface area (TPSA) is 55.4 Å². The van der Waals surface area contributed by atoms with E-state index in [0.29, 0.717) is 5.56 Å². The Labute approximate surface area is 100.0 Å². The van der Waals surface area contributed by atoms with Gasteiger partial charge in [0.15, 0.2) is 6.61 Å². The second kappa shape index (κ2) is 6.33. The first-order valence-electron chi connectivity index (χ1n) is 5.08. The minimum absolute atomic E-state index is 0.126. The monoisotopic (exact) mass is 231 g/mol. The molecule has 0 aliphatic heterocycles. The molecule has 0 atom stereocenters. The number of aryl methyl sites for hydroxylation is 1. The number of carbonyl (C=O) groups excluding carboxylic acids is 2. The molecule has 1 aromatic rings. The predicted molar refractivity (Wildman–Crippen MR) is 63.3 cm³/mol. The molecule has 1 aromatic carbocycles. The molecule has 4 heteroatoms. The summed E-state index contributed by atoms with van der Waals surface area (Å²) in [4.78, 5) is 22.7. The fraction of sp³-hybridized carbons (Fsp3) is 0.231. The van der Waals surface area contributed by atoms with Gasteiger partial charge in [-0.25, -0.2) is 4.79 Å². The van der Waals surface area contributed by atoms with E-state index in [-0.39, 0.29) is 13.2 Å². The highest BCUT2D eigenvalue weighted by molar-refractivity contribution is 5.92. The van der Waals surface area contributed by atoms with Gasteiger partial charge in [0.1, 0.15) is 0 Å². The first-order chi connectivity index (χ1) is 8.15. The summed E-state index contributed by atoms with van der Waals surface area (Å²) in [6.07, 6.45) is 4.97. The fourth-order valence-corrected chi connectivity index (χ4v) is 1.21. The lowest BCUT2D eigenvalue weighted by atomic mass is 10.1. The van der Waals surface area contributed by atoms with Crippen LogP contribution in [-0.4, -0.2) is 25.0 Å². The Morgan fingerprint density at radius 2 is 2.12 bits per heavy atom. The molecule has 0 saturated carbocycles. The predicted octanol–water partition coefficient (Wildman–Crippen LogP) is 0.901. The van der Waals surface area contributed by atoms with Crippen LogP contribution in [0.4, 0.5) is 0 Å². The van der Waals surface area contributed by atoms with Crippen molar-refractivity contribution < 1.29 is 14.3 Å². The number of benzene rings is 1. The largest absolute Gasteiger partial charge is 0.452 e. The van der Waals surface area contributed by atoms with Crippen molar-refractivity contribution in [2.75, 3.05) is 13.2 Å². The van der Waals surface area contributed by atoms with E-state index in [2.05, 4.69) is 11.2 Å². The number of hydrogen-bond donors (Lipinski definition) is 1. The molecular formula is C13H13NO3. The maximum Gasteiger partial charge on any atom is 0.338 e. The van der Waals surface area contributed by atoms with Crippen molar-refractivity contribution in [3.05, 3.63) is 35.4 Å². The van der Waals surface area contributed by atoms with Crippen molar-refractivity contribution in [1.82, 2.24) is 5.32 Å². The molecule has 88 valence electrons. The lowest BCUT2D eigenvalue weighted by Gasteiger charge is -2.06. The van der Waals surface area contributed by atoms with Crippen molar-refractivity contribution in [2.24, 2.45) is 0 Å². The quantitative estimate of drug-likeness (QED) is 0.618. The van der Waals surface area contributed by atoms with Gasteiger partial charge in [-0.15, -0.1) is 6.42 Å². The molecule has 0 aliphatic rings. The van der Waals surface area contributed by atoms with Crippen LogP contribution in [0.3, 0.4) is 0 Å². The maximum atomic E-state index is 11.6. The van der Waals surface area contributed by atoms with Crippen LogP contribution in [0.1, 0.15) is 15.9 Å². The summed E-state index contributed by atoms with van der Waals surface area (Å²) in [7, 11) is 0. The zero-order chi connectivity index (χ0) is 12.7. The number of hydrogen-bond acceptors (Lipinski definition) is 3. The first kappa shape index (κ1) is 12.8. The van der Waals surface area contributed by atoms with E-state index >= 15 is 0 Å². The molecule has 0 saturated heterocycles. The van der Waals surface area contributed by atoms with Gasteiger partial charge in [-0.3, -0.25) is 4.79 Å². The van der Waals surface area contributed by atoms with Crippen LogP contribution >= 0.6 is 0 Å². The summed E-state index contributed by atoms with van der Waals surface area (Å²) in [5.41, 5.74) is 1.26. The molecule has 1 N–H and O–H groups in total. The molecule has 0 radical (unpaired) electrons. The molecule has 0 fully saturated rings. The third-order valence-electron chi connectivity index (χ3n) is 2.09. The highest BCUT2D eigenvalue weighted by Crippen LogP contribution is 2.08. The third kappa shape index (κ3) is 3.99. The van der Waals surface area contributed by atoms with Gasteiger partial charge < -0.3 is 10.1 Å². The zero-order valence-corrected chi connectivity index (χ0v) is 9.53. The number of amides is 1. The van der Waals surface area contributed by atoms with Crippen LogP contribution < -0.4 is 5.32 Å². The van der Waals surface area contributed by atoms with E-state index in [0.717, 1.165) is 5.56 Å². The van der Waals surface area contributed by atoms with Crippen LogP contribution in [-0.2, 0) is 9.53 Å². The van der Waals surface area contributed by atoms with Crippen LogP contribution in [0, 0.1) is 19.3 Å². The van der Waals surface area contributed by atoms with Crippen LogP contribution in [0.5, 0.6) is 0 Å². The van der Waals surface area contributed by atoms with Gasteiger partial charge in [-0.2, -0.15) is 0 Å². The van der Waals surface area contributed by atoms with Crippen molar-refractivity contribution in [3.63, 3.8) is 0 Å². The Morgan fingerprint density at radius 3 is 2.76 bits per heavy atom. The van der Waals surface area contributed by atoms with Gasteiger partial charge in [-0.1, -0.05) is 24.1 Å². The number of carbonyl (C=O) groups is 2. The molecule has 1 rings (SSSR count). The van der Waals surface area contributed by atoms with E-state index in [1.165, 1.54) is 0 Å². The number of esters is 1. The molecule has 4 nitrogen and oxygen atoms in total. The lowest BCUT2D eigenvalue weighted by molar-refractivity contribution is -0.123. The number of rotatable bonds is 4. The molecule has 0 unspecified atom stereocenters. The van der Waals surface area contributed by atoms with Crippen LogP contribution in [0.15, 0.2) is 24.3 Å². The fourth-order valence-electron chi connectivity index (χ4n) is 1.21. The van der Waals surface area contributed by atoms with E-state index in [9.17, 15) is 9.59 Å². The summed E-state index contributed by atoms with van der Waals surface area (Å²) in [6.45, 7) is 1.60. The van der Waals surface area contributed by atoms with Crippen molar-refractivity contribution >= 4 is 11.9 Å². The van der Waals surface area contributed by atoms with Gasteiger partial charge in [-0.05, 0) is 18.6 Å². The number of nitrogens with one attached hydrogen (secondary N) is 1. The van der Waals surface area contributed by atoms with Gasteiger partial charge >= 0.3 is 5.97 Å². The average molecular weight is 231 g/mol. The first-order valence-corrected chi connectivity index (χ1v) is 5.08. The number of ether oxygens (including phenoxy) is 1. The summed E-state index contributed by atoms with van der Waals surface area (Å²) in [5.74, 6) is 1.33. The van der Waals surface area contributed by atoms with Crippen molar-refractivity contribution in [2.45, 2.75) is 6.92 Å². The van der Waals surface area contributed by atoms with Gasteiger partial charge in [0.2, 0.25) is 0 Å². The highest BCUT2D eigenvalue weighted by Gasteiger charge is 2.11. The summed E-state index contributed by atoms with van der Waals surface area (Å²) in [6, 6.07) is 7.01. The molecule has 0 bridgehead atoms. The average Bonchev–Trinajstić information content (AvgIpc) is 2.34. The second-order valence-corrected chi connectivity index (χ2v) is 3.37. The lowest BCUT2D eigenvalue weighted by Crippen LogP contribution is -2.29. The molecule has 0 aromatic heterocycles. The van der Waals surface area contributed by atoms with Crippen molar-refractivity contribution in [1.29, 1.82) is 0 Å². The van der Waals surface area contributed by atoms with Gasteiger partial charge in [0, 0.05) is 0 Å². The third-order valence-corrected chi connectivity index (χ3v) is 2.09. The van der Waals surface area contributed by atoms with Gasteiger partial charge in [0.05, 0.1) is 12.1 Å². The summed E-state index contributed by atoms with van der Waals surface area (Å²) < 4.78 is 4.85. The molecule has 0 heterocycles. The van der Waals surface area contributed by atoms with E-state index in [1.54, 1.807) is 25.1 Å². The normalized spacial score (nSPS) is 9.18. The Hall–Kier alpha value is -2.28. The van der Waals surface area contributed by atoms with Crippen LogP contribution in [0.2, 0.25) is 0 Å². The zero-order valence-electron chi connectivity index (χ0n) is 9.53. The smallest absolute Gasteiger partial charge is 0.338 e. The van der Waals surface area contributed by atoms with E-state index in [1.807, 2.05) is 6.07 Å².